The summed E-state index contributed by atoms with van der Waals surface area (Å²) in [6.07, 6.45) is -1.69. The Morgan fingerprint density at radius 2 is 1.84 bits per heavy atom. The molecule has 0 rings (SSSR count). The normalized spacial score (nSPS) is 15.1. The fraction of sp³-hybridized carbons (Fsp3) is 0.923. The SMILES string of the molecule is CCCN(CC(F)(F)F)C(=O)C(C)CCCC(C)N. The predicted octanol–water partition coefficient (Wildman–Crippen LogP) is 2.94. The molecule has 1 amide bonds. The average molecular weight is 282 g/mol. The van der Waals surface area contributed by atoms with Crippen LogP contribution in [0.4, 0.5) is 13.2 Å². The van der Waals surface area contributed by atoms with Crippen LogP contribution in [0.3, 0.4) is 0 Å². The maximum absolute atomic E-state index is 12.4. The van der Waals surface area contributed by atoms with Gasteiger partial charge in [0.05, 0.1) is 0 Å². The third-order valence-electron chi connectivity index (χ3n) is 2.89. The largest absolute Gasteiger partial charge is 0.406 e. The standard InChI is InChI=1S/C13H25F3N2O/c1-4-8-18(9-13(14,15)16)12(19)10(2)6-5-7-11(3)17/h10-11H,4-9,17H2,1-3H3. The third-order valence-corrected chi connectivity index (χ3v) is 2.89. The Labute approximate surface area is 113 Å². The Balaban J connectivity index is 4.36. The highest BCUT2D eigenvalue weighted by Crippen LogP contribution is 2.20. The molecule has 2 unspecified atom stereocenters. The van der Waals surface area contributed by atoms with Crippen LogP contribution >= 0.6 is 0 Å². The summed E-state index contributed by atoms with van der Waals surface area (Å²) in [5.74, 6) is -0.795. The molecule has 2 N–H and O–H groups in total. The molecule has 0 fully saturated rings. The van der Waals surface area contributed by atoms with Gasteiger partial charge in [-0.1, -0.05) is 20.3 Å². The molecule has 0 aliphatic carbocycles. The van der Waals surface area contributed by atoms with E-state index in [0.29, 0.717) is 12.8 Å². The van der Waals surface area contributed by atoms with Crippen molar-refractivity contribution < 1.29 is 18.0 Å². The van der Waals surface area contributed by atoms with E-state index in [1.165, 1.54) is 0 Å². The predicted molar refractivity (Wildman–Crippen MR) is 69.6 cm³/mol. The van der Waals surface area contributed by atoms with E-state index in [-0.39, 0.29) is 18.5 Å². The number of hydrogen-bond acceptors (Lipinski definition) is 2. The Hall–Kier alpha value is -0.780. The van der Waals surface area contributed by atoms with Gasteiger partial charge in [-0.15, -0.1) is 0 Å². The molecule has 3 nitrogen and oxygen atoms in total. The van der Waals surface area contributed by atoms with E-state index in [2.05, 4.69) is 0 Å². The highest BCUT2D eigenvalue weighted by atomic mass is 19.4. The van der Waals surface area contributed by atoms with Crippen LogP contribution in [-0.4, -0.2) is 36.1 Å². The number of rotatable bonds is 8. The lowest BCUT2D eigenvalue weighted by molar-refractivity contribution is -0.163. The molecule has 0 aromatic carbocycles. The molecule has 0 spiro atoms. The first-order chi connectivity index (χ1) is 8.67. The van der Waals surface area contributed by atoms with Gasteiger partial charge in [0.2, 0.25) is 5.91 Å². The molecule has 0 saturated heterocycles. The Bertz CT molecular complexity index is 267. The minimum atomic E-state index is -4.34. The number of carbonyl (C=O) groups is 1. The van der Waals surface area contributed by atoms with E-state index >= 15 is 0 Å². The lowest BCUT2D eigenvalue weighted by atomic mass is 10.0. The molecule has 0 aliphatic heterocycles. The lowest BCUT2D eigenvalue weighted by Crippen LogP contribution is -2.42. The highest BCUT2D eigenvalue weighted by Gasteiger charge is 2.33. The first-order valence-corrected chi connectivity index (χ1v) is 6.78. The van der Waals surface area contributed by atoms with Crippen LogP contribution in [0.1, 0.15) is 46.5 Å². The Morgan fingerprint density at radius 1 is 1.26 bits per heavy atom. The summed E-state index contributed by atoms with van der Waals surface area (Å²) in [5.41, 5.74) is 5.60. The molecule has 0 saturated carbocycles. The fourth-order valence-electron chi connectivity index (χ4n) is 1.93. The maximum atomic E-state index is 12.4. The van der Waals surface area contributed by atoms with E-state index in [1.54, 1.807) is 13.8 Å². The topological polar surface area (TPSA) is 46.3 Å². The summed E-state index contributed by atoms with van der Waals surface area (Å²) >= 11 is 0. The second-order valence-electron chi connectivity index (χ2n) is 5.18. The molecule has 0 aromatic rings. The van der Waals surface area contributed by atoms with Crippen LogP contribution in [-0.2, 0) is 4.79 Å². The van der Waals surface area contributed by atoms with Gasteiger partial charge in [0.15, 0.2) is 0 Å². The Kier molecular flexibility index (Phi) is 8.06. The zero-order valence-corrected chi connectivity index (χ0v) is 12.0. The van der Waals surface area contributed by atoms with Crippen LogP contribution in [0.2, 0.25) is 0 Å². The number of halogens is 3. The summed E-state index contributed by atoms with van der Waals surface area (Å²) < 4.78 is 37.2. The summed E-state index contributed by atoms with van der Waals surface area (Å²) in [5, 5.41) is 0. The fourth-order valence-corrected chi connectivity index (χ4v) is 1.93. The van der Waals surface area contributed by atoms with Gasteiger partial charge in [0.25, 0.3) is 0 Å². The summed E-state index contributed by atoms with van der Waals surface area (Å²) in [7, 11) is 0. The van der Waals surface area contributed by atoms with Crippen molar-refractivity contribution in [1.82, 2.24) is 4.90 Å². The van der Waals surface area contributed by atoms with Crippen molar-refractivity contribution in [1.29, 1.82) is 0 Å². The van der Waals surface area contributed by atoms with E-state index in [4.69, 9.17) is 5.73 Å². The van der Waals surface area contributed by atoms with Crippen LogP contribution in [0.15, 0.2) is 0 Å². The highest BCUT2D eigenvalue weighted by molar-refractivity contribution is 5.78. The number of nitrogens with two attached hydrogens (primary N) is 1. The van der Waals surface area contributed by atoms with E-state index < -0.39 is 18.6 Å². The molecule has 0 radical (unpaired) electrons. The lowest BCUT2D eigenvalue weighted by Gasteiger charge is -2.26. The molecule has 0 aromatic heterocycles. The molecule has 0 bridgehead atoms. The molecular formula is C13H25F3N2O. The van der Waals surface area contributed by atoms with Crippen molar-refractivity contribution in [3.63, 3.8) is 0 Å². The second-order valence-corrected chi connectivity index (χ2v) is 5.18. The number of carbonyl (C=O) groups excluding carboxylic acids is 1. The molecule has 114 valence electrons. The second kappa shape index (κ2) is 8.40. The first kappa shape index (κ1) is 18.2. The average Bonchev–Trinajstić information content (AvgIpc) is 2.25. The van der Waals surface area contributed by atoms with Crippen molar-refractivity contribution in [3.05, 3.63) is 0 Å². The number of hydrogen-bond donors (Lipinski definition) is 1. The van der Waals surface area contributed by atoms with Gasteiger partial charge in [0.1, 0.15) is 6.54 Å². The van der Waals surface area contributed by atoms with Crippen LogP contribution in [0.5, 0.6) is 0 Å². The summed E-state index contributed by atoms with van der Waals surface area (Å²) in [6, 6.07) is 0.0595. The van der Waals surface area contributed by atoms with Crippen molar-refractivity contribution in [2.45, 2.75) is 58.7 Å². The molecule has 0 heterocycles. The third kappa shape index (κ3) is 8.86. The summed E-state index contributed by atoms with van der Waals surface area (Å²) in [6.45, 7) is 4.31. The van der Waals surface area contributed by atoms with Crippen molar-refractivity contribution >= 4 is 5.91 Å². The van der Waals surface area contributed by atoms with Crippen LogP contribution in [0, 0.1) is 5.92 Å². The molecule has 0 aliphatic rings. The van der Waals surface area contributed by atoms with Gasteiger partial charge in [-0.2, -0.15) is 13.2 Å². The van der Waals surface area contributed by atoms with Gasteiger partial charge in [-0.3, -0.25) is 4.79 Å². The van der Waals surface area contributed by atoms with Crippen LogP contribution in [0.25, 0.3) is 0 Å². The zero-order valence-electron chi connectivity index (χ0n) is 12.0. The number of nitrogens with zero attached hydrogens (tertiary/aromatic N) is 1. The number of amides is 1. The van der Waals surface area contributed by atoms with Gasteiger partial charge in [-0.25, -0.2) is 0 Å². The minimum Gasteiger partial charge on any atom is -0.333 e. The van der Waals surface area contributed by atoms with E-state index in [1.807, 2.05) is 6.92 Å². The smallest absolute Gasteiger partial charge is 0.333 e. The van der Waals surface area contributed by atoms with Crippen molar-refractivity contribution in [2.75, 3.05) is 13.1 Å². The molecule has 6 heteroatoms. The van der Waals surface area contributed by atoms with Gasteiger partial charge in [0, 0.05) is 18.5 Å². The number of alkyl halides is 3. The van der Waals surface area contributed by atoms with Gasteiger partial charge >= 0.3 is 6.18 Å². The zero-order chi connectivity index (χ0) is 15.1. The van der Waals surface area contributed by atoms with Crippen molar-refractivity contribution in [3.8, 4) is 0 Å². The maximum Gasteiger partial charge on any atom is 0.406 e. The van der Waals surface area contributed by atoms with Crippen LogP contribution < -0.4 is 5.73 Å². The minimum absolute atomic E-state index is 0.0595. The van der Waals surface area contributed by atoms with E-state index in [9.17, 15) is 18.0 Å². The van der Waals surface area contributed by atoms with Gasteiger partial charge in [-0.05, 0) is 26.2 Å². The Morgan fingerprint density at radius 3 is 2.26 bits per heavy atom. The molecule has 19 heavy (non-hydrogen) atoms. The molecular weight excluding hydrogens is 257 g/mol. The quantitative estimate of drug-likeness (QED) is 0.744. The molecule has 2 atom stereocenters. The van der Waals surface area contributed by atoms with E-state index in [0.717, 1.165) is 17.7 Å². The summed E-state index contributed by atoms with van der Waals surface area (Å²) in [4.78, 5) is 12.9. The first-order valence-electron chi connectivity index (χ1n) is 6.78. The monoisotopic (exact) mass is 282 g/mol. The van der Waals surface area contributed by atoms with Crippen molar-refractivity contribution in [2.24, 2.45) is 11.7 Å². The van der Waals surface area contributed by atoms with Gasteiger partial charge < -0.3 is 10.6 Å².